The average Bonchev–Trinajstić information content (AvgIpc) is 4.41. The van der Waals surface area contributed by atoms with Crippen molar-refractivity contribution >= 4 is 71.3 Å². The van der Waals surface area contributed by atoms with Crippen LogP contribution in [-0.4, -0.2) is 24.4 Å². The van der Waals surface area contributed by atoms with Gasteiger partial charge in [0, 0.05) is 64.7 Å². The molecule has 0 amide bonds. The van der Waals surface area contributed by atoms with Crippen molar-refractivity contribution in [1.29, 1.82) is 0 Å². The van der Waals surface area contributed by atoms with Gasteiger partial charge in [-0.2, -0.15) is 0 Å². The summed E-state index contributed by atoms with van der Waals surface area (Å²) in [6.07, 6.45) is 48.6. The minimum absolute atomic E-state index is 0.0258. The van der Waals surface area contributed by atoms with Crippen LogP contribution < -0.4 is 0 Å². The van der Waals surface area contributed by atoms with Crippen molar-refractivity contribution in [1.82, 2.24) is 19.1 Å². The van der Waals surface area contributed by atoms with Crippen LogP contribution in [0, 0.1) is 0 Å². The summed E-state index contributed by atoms with van der Waals surface area (Å²) in [5.41, 5.74) is 19.9. The van der Waals surface area contributed by atoms with Gasteiger partial charge in [-0.25, -0.2) is 9.97 Å². The number of allylic oxidation sites excluding steroid dienone is 23. The summed E-state index contributed by atoms with van der Waals surface area (Å²) in [6, 6.07) is 44.8. The summed E-state index contributed by atoms with van der Waals surface area (Å²) in [6.45, 7) is 0. The molecule has 1 aliphatic heterocycles. The van der Waals surface area contributed by atoms with Crippen LogP contribution in [0.1, 0.15) is 104 Å². The van der Waals surface area contributed by atoms with Gasteiger partial charge in [0.25, 0.3) is 0 Å². The van der Waals surface area contributed by atoms with Crippen molar-refractivity contribution < 1.29 is 0 Å². The lowest BCUT2D eigenvalue weighted by Crippen LogP contribution is -2.17. The summed E-state index contributed by atoms with van der Waals surface area (Å²) in [7, 11) is 0. The average molecular weight is 1040 g/mol. The van der Waals surface area contributed by atoms with E-state index >= 15 is 0 Å². The molecule has 0 fully saturated rings. The molecule has 3 atom stereocenters. The first-order valence-electron chi connectivity index (χ1n) is 28.0. The van der Waals surface area contributed by atoms with Crippen LogP contribution >= 0.6 is 23.1 Å². The molecule has 15 rings (SSSR count). The first kappa shape index (κ1) is 47.2. The number of hydrogen-bond donors (Lipinski definition) is 0. The molecular formula is C72H58N4S2. The highest BCUT2D eigenvalue weighted by Gasteiger charge is 2.37. The molecule has 8 aromatic rings. The predicted octanol–water partition coefficient (Wildman–Crippen LogP) is 19.4. The topological polar surface area (TPSA) is 35.6 Å². The molecule has 0 spiro atoms. The van der Waals surface area contributed by atoms with E-state index in [1.54, 1.807) is 0 Å². The number of imidazole rings is 2. The highest BCUT2D eigenvalue weighted by molar-refractivity contribution is 8.00. The summed E-state index contributed by atoms with van der Waals surface area (Å²) in [4.78, 5) is 13.1. The third-order valence-electron chi connectivity index (χ3n) is 16.8. The van der Waals surface area contributed by atoms with Gasteiger partial charge in [0.2, 0.25) is 0 Å². The second-order valence-corrected chi connectivity index (χ2v) is 23.7. The minimum atomic E-state index is -0.0258. The van der Waals surface area contributed by atoms with Crippen molar-refractivity contribution in [2.24, 2.45) is 0 Å². The standard InChI is InChI=1S/C72H58N4S2/c1-5-20-49(21-6-1)65-67(51-24-9-3-10-25-51)75(55-42-38-47(39-43-55)57-32-18-34-61-59-30-13-15-36-63(59)77-69(57)61)71(73-65)53-28-17-29-54(46-53)72-74-66(50-22-7-2-8-23-50)68(52-26-11-4-12-27-52)76(72)56-44-40-48(41-45-56)58-33-19-35-62-60-31-14-16-37-64(60)78-70(58)62/h1,3-7,9,11,13-24,26,28,30-38,40-42,44-46,54,61,69H,2,8,10,12,25,27,29,39,43H2. The molecule has 4 heterocycles. The van der Waals surface area contributed by atoms with Crippen molar-refractivity contribution in [3.05, 3.63) is 270 Å². The number of rotatable bonds is 10. The molecule has 0 radical (unpaired) electrons. The maximum Gasteiger partial charge on any atom is 0.145 e. The largest absolute Gasteiger partial charge is 0.296 e. The lowest BCUT2D eigenvalue weighted by Gasteiger charge is -2.28. The van der Waals surface area contributed by atoms with Gasteiger partial charge in [0.05, 0.1) is 22.8 Å². The molecule has 3 unspecified atom stereocenters. The molecule has 5 aromatic carbocycles. The Labute approximate surface area is 465 Å². The van der Waals surface area contributed by atoms with Gasteiger partial charge >= 0.3 is 0 Å². The number of thioether (sulfide) groups is 1. The van der Waals surface area contributed by atoms with Gasteiger partial charge < -0.3 is 0 Å². The number of hydrogen-bond acceptors (Lipinski definition) is 4. The molecule has 378 valence electrons. The van der Waals surface area contributed by atoms with E-state index in [9.17, 15) is 0 Å². The minimum Gasteiger partial charge on any atom is -0.296 e. The van der Waals surface area contributed by atoms with Gasteiger partial charge in [-0.3, -0.25) is 9.13 Å². The number of fused-ring (bicyclic) bond motifs is 6. The summed E-state index contributed by atoms with van der Waals surface area (Å²) in [5.74, 6) is 2.43. The highest BCUT2D eigenvalue weighted by atomic mass is 32.2. The van der Waals surface area contributed by atoms with Gasteiger partial charge in [-0.1, -0.05) is 194 Å². The molecule has 7 aliphatic rings. The SMILES string of the molecule is C1=CCCC(c2c(-c3ccccc3)nc(C3=CC(c4nc(C5=CCCC=C5)c(C5=CC=CCC5)n4-c4ccc(-c5cccc6c5sc5ccccc56)cc4)CC=C3)n2C2=CC=C(C3=CC=CC4c5ccccc5SC34)CC2)=C1. The third-order valence-corrected chi connectivity index (χ3v) is 19.4. The van der Waals surface area contributed by atoms with Gasteiger partial charge in [0.15, 0.2) is 0 Å². The Morgan fingerprint density at radius 1 is 0.538 bits per heavy atom. The molecule has 6 heteroatoms. The van der Waals surface area contributed by atoms with Crippen LogP contribution in [0.15, 0.2) is 241 Å². The summed E-state index contributed by atoms with van der Waals surface area (Å²) >= 11 is 3.93. The van der Waals surface area contributed by atoms with Crippen LogP contribution in [0.2, 0.25) is 0 Å². The monoisotopic (exact) mass is 1040 g/mol. The van der Waals surface area contributed by atoms with Crippen LogP contribution in [-0.2, 0) is 0 Å². The van der Waals surface area contributed by atoms with E-state index in [0.29, 0.717) is 11.2 Å². The van der Waals surface area contributed by atoms with E-state index in [-0.39, 0.29) is 5.92 Å². The zero-order valence-corrected chi connectivity index (χ0v) is 45.2. The maximum absolute atomic E-state index is 5.85. The molecule has 6 aliphatic carbocycles. The van der Waals surface area contributed by atoms with Crippen molar-refractivity contribution in [2.75, 3.05) is 0 Å². The van der Waals surface area contributed by atoms with Crippen LogP contribution in [0.25, 0.3) is 76.2 Å². The second kappa shape index (κ2) is 20.1. The van der Waals surface area contributed by atoms with Crippen LogP contribution in [0.3, 0.4) is 0 Å². The Morgan fingerprint density at radius 2 is 1.32 bits per heavy atom. The van der Waals surface area contributed by atoms with E-state index in [2.05, 4.69) is 234 Å². The molecule has 0 bridgehead atoms. The molecule has 3 aromatic heterocycles. The Morgan fingerprint density at radius 3 is 2.12 bits per heavy atom. The number of thiophene rings is 1. The zero-order valence-electron chi connectivity index (χ0n) is 43.6. The number of nitrogens with zero attached hydrogens (tertiary/aromatic N) is 4. The van der Waals surface area contributed by atoms with E-state index in [4.69, 9.17) is 9.97 Å². The Hall–Kier alpha value is -8.03. The fourth-order valence-corrected chi connectivity index (χ4v) is 15.8. The summed E-state index contributed by atoms with van der Waals surface area (Å²) in [5, 5.41) is 3.04. The quantitative estimate of drug-likeness (QED) is 0.137. The normalized spacial score (nSPS) is 20.5. The third kappa shape index (κ3) is 8.27. The molecule has 0 N–H and O–H groups in total. The Balaban J connectivity index is 0.884. The Kier molecular flexibility index (Phi) is 12.2. The number of benzene rings is 5. The van der Waals surface area contributed by atoms with E-state index in [1.165, 1.54) is 86.7 Å². The first-order valence-corrected chi connectivity index (χ1v) is 29.7. The van der Waals surface area contributed by atoms with Crippen LogP contribution in [0.4, 0.5) is 0 Å². The van der Waals surface area contributed by atoms with Gasteiger partial charge in [0.1, 0.15) is 11.6 Å². The maximum atomic E-state index is 5.85. The molecule has 0 saturated carbocycles. The number of aromatic nitrogens is 4. The van der Waals surface area contributed by atoms with Crippen molar-refractivity contribution in [2.45, 2.75) is 79.8 Å². The molecule has 78 heavy (non-hydrogen) atoms. The summed E-state index contributed by atoms with van der Waals surface area (Å²) < 4.78 is 7.73. The Bertz CT molecular complexity index is 4140. The van der Waals surface area contributed by atoms with Crippen molar-refractivity contribution in [3.8, 4) is 28.1 Å². The van der Waals surface area contributed by atoms with Crippen LogP contribution in [0.5, 0.6) is 0 Å². The molecular weight excluding hydrogens is 985 g/mol. The fraction of sp³-hybridized carbons (Fsp3) is 0.167. The zero-order chi connectivity index (χ0) is 51.5. The van der Waals surface area contributed by atoms with Crippen molar-refractivity contribution in [3.63, 3.8) is 0 Å². The highest BCUT2D eigenvalue weighted by Crippen LogP contribution is 2.53. The lowest BCUT2D eigenvalue weighted by molar-refractivity contribution is 0.747. The second-order valence-electron chi connectivity index (χ2n) is 21.4. The fourth-order valence-electron chi connectivity index (χ4n) is 13.0. The molecule has 4 nitrogen and oxygen atoms in total. The van der Waals surface area contributed by atoms with Gasteiger partial charge in [-0.05, 0) is 133 Å². The van der Waals surface area contributed by atoms with E-state index in [1.807, 2.05) is 23.1 Å². The lowest BCUT2D eigenvalue weighted by atomic mass is 9.83. The predicted molar refractivity (Wildman–Crippen MR) is 331 cm³/mol. The first-order chi connectivity index (χ1) is 38.7. The van der Waals surface area contributed by atoms with E-state index < -0.39 is 0 Å². The van der Waals surface area contributed by atoms with E-state index in [0.717, 1.165) is 97.6 Å². The smallest absolute Gasteiger partial charge is 0.145 e. The van der Waals surface area contributed by atoms with Gasteiger partial charge in [-0.15, -0.1) is 23.1 Å². The molecule has 0 saturated heterocycles.